The van der Waals surface area contributed by atoms with Crippen LogP contribution in [-0.2, 0) is 6.61 Å². The van der Waals surface area contributed by atoms with E-state index in [1.165, 1.54) is 6.07 Å². The van der Waals surface area contributed by atoms with Gasteiger partial charge in [0.1, 0.15) is 18.2 Å². The normalized spacial score (nSPS) is 10.3. The Morgan fingerprint density at radius 3 is 2.41 bits per heavy atom. The highest BCUT2D eigenvalue weighted by Crippen LogP contribution is 2.22. The van der Waals surface area contributed by atoms with Crippen LogP contribution < -0.4 is 4.74 Å². The first-order valence-electron chi connectivity index (χ1n) is 4.98. The van der Waals surface area contributed by atoms with Crippen LogP contribution in [0.1, 0.15) is 5.56 Å². The first kappa shape index (κ1) is 12.2. The van der Waals surface area contributed by atoms with E-state index in [1.807, 2.05) is 0 Å². The minimum atomic E-state index is -0.441. The zero-order chi connectivity index (χ0) is 12.3. The molecule has 88 valence electrons. The molecule has 0 fully saturated rings. The molecule has 0 saturated carbocycles. The van der Waals surface area contributed by atoms with Crippen LogP contribution in [0, 0.1) is 5.82 Å². The zero-order valence-corrected chi connectivity index (χ0v) is 10.3. The van der Waals surface area contributed by atoms with E-state index in [0.29, 0.717) is 16.3 Å². The highest BCUT2D eigenvalue weighted by atomic mass is 35.5. The van der Waals surface area contributed by atoms with Gasteiger partial charge in [0.15, 0.2) is 0 Å². The summed E-state index contributed by atoms with van der Waals surface area (Å²) in [7, 11) is 0. The summed E-state index contributed by atoms with van der Waals surface area (Å²) >= 11 is 11.6. The molecule has 0 aliphatic rings. The van der Waals surface area contributed by atoms with Crippen LogP contribution in [0.2, 0.25) is 10.0 Å². The molecule has 0 unspecified atom stereocenters. The third-order valence-corrected chi connectivity index (χ3v) is 2.91. The summed E-state index contributed by atoms with van der Waals surface area (Å²) < 4.78 is 18.6. The molecule has 0 amide bonds. The van der Waals surface area contributed by atoms with Gasteiger partial charge in [-0.2, -0.15) is 0 Å². The summed E-state index contributed by atoms with van der Waals surface area (Å²) in [6, 6.07) is 11.6. The summed E-state index contributed by atoms with van der Waals surface area (Å²) in [5, 5.41) is 0.739. The van der Waals surface area contributed by atoms with Gasteiger partial charge in [-0.15, -0.1) is 0 Å². The first-order chi connectivity index (χ1) is 8.16. The van der Waals surface area contributed by atoms with Crippen LogP contribution in [0.25, 0.3) is 0 Å². The fraction of sp³-hybridized carbons (Fsp3) is 0.0769. The van der Waals surface area contributed by atoms with Gasteiger partial charge in [0.05, 0.1) is 5.02 Å². The Morgan fingerprint density at radius 2 is 1.71 bits per heavy atom. The minimum absolute atomic E-state index is 0.0986. The number of hydrogen-bond donors (Lipinski definition) is 0. The lowest BCUT2D eigenvalue weighted by Gasteiger charge is -2.08. The summed E-state index contributed by atoms with van der Waals surface area (Å²) in [6.07, 6.45) is 0. The molecule has 0 atom stereocenters. The van der Waals surface area contributed by atoms with Gasteiger partial charge in [0.2, 0.25) is 0 Å². The zero-order valence-electron chi connectivity index (χ0n) is 8.79. The van der Waals surface area contributed by atoms with E-state index in [2.05, 4.69) is 0 Å². The molecule has 2 aromatic rings. The monoisotopic (exact) mass is 270 g/mol. The van der Waals surface area contributed by atoms with E-state index in [4.69, 9.17) is 27.9 Å². The summed E-state index contributed by atoms with van der Waals surface area (Å²) in [5.41, 5.74) is 0.613. The maximum Gasteiger partial charge on any atom is 0.142 e. The number of hydrogen-bond acceptors (Lipinski definition) is 1. The van der Waals surface area contributed by atoms with Crippen molar-refractivity contribution in [1.82, 2.24) is 0 Å². The van der Waals surface area contributed by atoms with Gasteiger partial charge in [-0.3, -0.25) is 0 Å². The quantitative estimate of drug-likeness (QED) is 0.785. The molecule has 2 rings (SSSR count). The fourth-order valence-electron chi connectivity index (χ4n) is 1.35. The number of rotatable bonds is 3. The third-order valence-electron chi connectivity index (χ3n) is 2.24. The van der Waals surface area contributed by atoms with Gasteiger partial charge in [-0.25, -0.2) is 4.39 Å². The largest absolute Gasteiger partial charge is 0.489 e. The second-order valence-corrected chi connectivity index (χ2v) is 4.27. The molecule has 0 bridgehead atoms. The first-order valence-corrected chi connectivity index (χ1v) is 5.73. The Balaban J connectivity index is 2.07. The fourth-order valence-corrected chi connectivity index (χ4v) is 1.66. The van der Waals surface area contributed by atoms with E-state index in [-0.39, 0.29) is 11.6 Å². The van der Waals surface area contributed by atoms with Crippen molar-refractivity contribution >= 4 is 23.2 Å². The van der Waals surface area contributed by atoms with Gasteiger partial charge in [-0.05, 0) is 30.3 Å². The Bertz CT molecular complexity index is 511. The Kier molecular flexibility index (Phi) is 3.87. The second kappa shape index (κ2) is 5.39. The third kappa shape index (κ3) is 3.11. The predicted octanol–water partition coefficient (Wildman–Crippen LogP) is 4.71. The molecule has 0 radical (unpaired) electrons. The van der Waals surface area contributed by atoms with Gasteiger partial charge in [0.25, 0.3) is 0 Å². The predicted molar refractivity (Wildman–Crippen MR) is 67.2 cm³/mol. The minimum Gasteiger partial charge on any atom is -0.489 e. The van der Waals surface area contributed by atoms with E-state index in [9.17, 15) is 4.39 Å². The smallest absolute Gasteiger partial charge is 0.142 e. The van der Waals surface area contributed by atoms with Crippen molar-refractivity contribution in [2.24, 2.45) is 0 Å². The second-order valence-electron chi connectivity index (χ2n) is 3.46. The molecular formula is C13H9Cl2FO. The molecule has 1 nitrogen and oxygen atoms in total. The van der Waals surface area contributed by atoms with Gasteiger partial charge in [-0.1, -0.05) is 35.3 Å². The van der Waals surface area contributed by atoms with Gasteiger partial charge >= 0.3 is 0 Å². The molecule has 0 spiro atoms. The molecule has 0 heterocycles. The van der Waals surface area contributed by atoms with Crippen LogP contribution >= 0.6 is 23.2 Å². The average molecular weight is 271 g/mol. The summed E-state index contributed by atoms with van der Waals surface area (Å²) in [4.78, 5) is 0. The lowest BCUT2D eigenvalue weighted by atomic mass is 10.2. The van der Waals surface area contributed by atoms with Crippen LogP contribution in [0.5, 0.6) is 5.75 Å². The standard InChI is InChI=1S/C13H9Cl2FO/c14-10-4-6-11(7-5-10)17-8-9-2-1-3-12(16)13(9)15/h1-7H,8H2. The molecule has 0 aromatic heterocycles. The Labute approximate surface area is 109 Å². The Hall–Kier alpha value is -1.25. The number of halogens is 3. The Morgan fingerprint density at radius 1 is 1.00 bits per heavy atom. The van der Waals surface area contributed by atoms with Crippen LogP contribution in [0.4, 0.5) is 4.39 Å². The number of benzene rings is 2. The van der Waals surface area contributed by atoms with Crippen molar-refractivity contribution in [2.75, 3.05) is 0 Å². The van der Waals surface area contributed by atoms with Crippen LogP contribution in [0.15, 0.2) is 42.5 Å². The molecule has 17 heavy (non-hydrogen) atoms. The van der Waals surface area contributed by atoms with Gasteiger partial charge < -0.3 is 4.74 Å². The summed E-state index contributed by atoms with van der Waals surface area (Å²) in [5.74, 6) is 0.221. The summed E-state index contributed by atoms with van der Waals surface area (Å²) in [6.45, 7) is 0.220. The SMILES string of the molecule is Fc1cccc(COc2ccc(Cl)cc2)c1Cl. The lowest BCUT2D eigenvalue weighted by Crippen LogP contribution is -1.97. The molecule has 2 aromatic carbocycles. The number of ether oxygens (including phenoxy) is 1. The lowest BCUT2D eigenvalue weighted by molar-refractivity contribution is 0.305. The maximum absolute atomic E-state index is 13.2. The highest BCUT2D eigenvalue weighted by Gasteiger charge is 2.05. The molecule has 0 saturated heterocycles. The molecule has 0 aliphatic carbocycles. The van der Waals surface area contributed by atoms with Crippen LogP contribution in [-0.4, -0.2) is 0 Å². The van der Waals surface area contributed by atoms with E-state index < -0.39 is 5.82 Å². The van der Waals surface area contributed by atoms with Crippen molar-refractivity contribution in [2.45, 2.75) is 6.61 Å². The van der Waals surface area contributed by atoms with E-state index >= 15 is 0 Å². The van der Waals surface area contributed by atoms with Crippen molar-refractivity contribution in [3.8, 4) is 5.75 Å². The molecular weight excluding hydrogens is 262 g/mol. The highest BCUT2D eigenvalue weighted by molar-refractivity contribution is 6.31. The van der Waals surface area contributed by atoms with Crippen LogP contribution in [0.3, 0.4) is 0 Å². The van der Waals surface area contributed by atoms with Gasteiger partial charge in [0, 0.05) is 10.6 Å². The molecule has 0 N–H and O–H groups in total. The topological polar surface area (TPSA) is 9.23 Å². The van der Waals surface area contributed by atoms with Crippen molar-refractivity contribution in [3.63, 3.8) is 0 Å². The van der Waals surface area contributed by atoms with Crippen molar-refractivity contribution < 1.29 is 9.13 Å². The molecule has 4 heteroatoms. The average Bonchev–Trinajstić information content (AvgIpc) is 2.33. The van der Waals surface area contributed by atoms with E-state index in [1.54, 1.807) is 36.4 Å². The molecule has 0 aliphatic heterocycles. The maximum atomic E-state index is 13.2. The van der Waals surface area contributed by atoms with Crippen molar-refractivity contribution in [1.29, 1.82) is 0 Å². The van der Waals surface area contributed by atoms with Crippen molar-refractivity contribution in [3.05, 3.63) is 63.9 Å². The van der Waals surface area contributed by atoms with E-state index in [0.717, 1.165) is 0 Å².